The second-order valence-corrected chi connectivity index (χ2v) is 8.22. The Hall–Kier alpha value is -2.82. The van der Waals surface area contributed by atoms with Crippen molar-refractivity contribution in [3.8, 4) is 5.75 Å². The molecule has 5 heteroatoms. The molecule has 1 aliphatic carbocycles. The summed E-state index contributed by atoms with van der Waals surface area (Å²) in [6.07, 6.45) is 4.33. The van der Waals surface area contributed by atoms with Gasteiger partial charge in [-0.25, -0.2) is 0 Å². The number of nitrogens with one attached hydrogen (secondary N) is 1. The van der Waals surface area contributed by atoms with Crippen molar-refractivity contribution >= 4 is 11.8 Å². The van der Waals surface area contributed by atoms with E-state index in [1.54, 1.807) is 11.8 Å². The maximum atomic E-state index is 13.1. The molecule has 0 unspecified atom stereocenters. The average molecular weight is 409 g/mol. The van der Waals surface area contributed by atoms with E-state index in [-0.39, 0.29) is 24.5 Å². The first-order valence-corrected chi connectivity index (χ1v) is 10.8. The van der Waals surface area contributed by atoms with E-state index in [1.165, 1.54) is 0 Å². The van der Waals surface area contributed by atoms with E-state index in [2.05, 4.69) is 5.32 Å². The number of aryl methyl sites for hydroxylation is 2. The zero-order valence-electron chi connectivity index (χ0n) is 18.2. The van der Waals surface area contributed by atoms with Gasteiger partial charge < -0.3 is 15.0 Å². The lowest BCUT2D eigenvalue weighted by Crippen LogP contribution is -2.50. The van der Waals surface area contributed by atoms with Gasteiger partial charge in [-0.2, -0.15) is 0 Å². The minimum absolute atomic E-state index is 0.0978. The first kappa shape index (κ1) is 21.9. The number of amides is 2. The number of nitrogens with zero attached hydrogens (tertiary/aromatic N) is 1. The molecule has 1 N–H and O–H groups in total. The third-order valence-corrected chi connectivity index (χ3v) is 5.82. The molecule has 1 atom stereocenters. The van der Waals surface area contributed by atoms with E-state index < -0.39 is 6.04 Å². The highest BCUT2D eigenvalue weighted by Gasteiger charge is 2.29. The van der Waals surface area contributed by atoms with E-state index in [9.17, 15) is 9.59 Å². The smallest absolute Gasteiger partial charge is 0.261 e. The summed E-state index contributed by atoms with van der Waals surface area (Å²) in [6.45, 7) is 6.07. The second-order valence-electron chi connectivity index (χ2n) is 8.22. The van der Waals surface area contributed by atoms with Crippen molar-refractivity contribution < 1.29 is 14.3 Å². The molecule has 0 bridgehead atoms. The van der Waals surface area contributed by atoms with E-state index >= 15 is 0 Å². The molecule has 1 saturated carbocycles. The molecule has 5 nitrogen and oxygen atoms in total. The van der Waals surface area contributed by atoms with Crippen LogP contribution in [0.2, 0.25) is 0 Å². The number of carbonyl (C=O) groups is 2. The van der Waals surface area contributed by atoms with Gasteiger partial charge in [0.15, 0.2) is 6.61 Å². The lowest BCUT2D eigenvalue weighted by Gasteiger charge is -2.30. The van der Waals surface area contributed by atoms with Gasteiger partial charge in [0, 0.05) is 12.6 Å². The lowest BCUT2D eigenvalue weighted by atomic mass is 10.1. The third kappa shape index (κ3) is 5.85. The molecule has 0 spiro atoms. The van der Waals surface area contributed by atoms with Crippen molar-refractivity contribution in [2.75, 3.05) is 6.61 Å². The van der Waals surface area contributed by atoms with Crippen molar-refractivity contribution in [1.82, 2.24) is 10.2 Å². The summed E-state index contributed by atoms with van der Waals surface area (Å²) in [4.78, 5) is 27.6. The molecule has 1 aliphatic rings. The summed E-state index contributed by atoms with van der Waals surface area (Å²) in [7, 11) is 0. The first-order chi connectivity index (χ1) is 14.4. The number of hydrogen-bond donors (Lipinski definition) is 1. The monoisotopic (exact) mass is 408 g/mol. The fourth-order valence-electron chi connectivity index (χ4n) is 3.88. The van der Waals surface area contributed by atoms with Crippen LogP contribution in [0.1, 0.15) is 49.3 Å². The molecule has 2 aromatic carbocycles. The predicted molar refractivity (Wildman–Crippen MR) is 118 cm³/mol. The van der Waals surface area contributed by atoms with Crippen LogP contribution >= 0.6 is 0 Å². The van der Waals surface area contributed by atoms with Gasteiger partial charge in [-0.3, -0.25) is 9.59 Å². The van der Waals surface area contributed by atoms with Crippen molar-refractivity contribution in [2.45, 2.75) is 65.1 Å². The van der Waals surface area contributed by atoms with Crippen molar-refractivity contribution in [1.29, 1.82) is 0 Å². The van der Waals surface area contributed by atoms with E-state index in [0.717, 1.165) is 42.4 Å². The average Bonchev–Trinajstić information content (AvgIpc) is 3.24. The highest BCUT2D eigenvalue weighted by Crippen LogP contribution is 2.19. The Morgan fingerprint density at radius 2 is 1.83 bits per heavy atom. The van der Waals surface area contributed by atoms with Crippen LogP contribution in [0.5, 0.6) is 5.75 Å². The van der Waals surface area contributed by atoms with Gasteiger partial charge in [0.2, 0.25) is 5.91 Å². The Labute approximate surface area is 179 Å². The summed E-state index contributed by atoms with van der Waals surface area (Å²) >= 11 is 0. The topological polar surface area (TPSA) is 58.6 Å². The Kier molecular flexibility index (Phi) is 7.50. The summed E-state index contributed by atoms with van der Waals surface area (Å²) in [5.74, 6) is 0.357. The molecule has 2 aromatic rings. The van der Waals surface area contributed by atoms with Crippen LogP contribution in [0.15, 0.2) is 48.5 Å². The van der Waals surface area contributed by atoms with Crippen molar-refractivity contribution in [2.24, 2.45) is 0 Å². The van der Waals surface area contributed by atoms with Crippen molar-refractivity contribution in [3.05, 3.63) is 65.2 Å². The van der Waals surface area contributed by atoms with Gasteiger partial charge in [0.25, 0.3) is 5.91 Å². The summed E-state index contributed by atoms with van der Waals surface area (Å²) in [5.41, 5.74) is 3.20. The van der Waals surface area contributed by atoms with Gasteiger partial charge in [0.05, 0.1) is 0 Å². The molecule has 0 saturated heterocycles. The minimum Gasteiger partial charge on any atom is -0.484 e. The highest BCUT2D eigenvalue weighted by atomic mass is 16.5. The van der Waals surface area contributed by atoms with Crippen molar-refractivity contribution in [3.63, 3.8) is 0 Å². The van der Waals surface area contributed by atoms with Crippen LogP contribution in [0.3, 0.4) is 0 Å². The zero-order chi connectivity index (χ0) is 21.5. The molecule has 0 heterocycles. The van der Waals surface area contributed by atoms with Crippen LogP contribution in [-0.4, -0.2) is 35.4 Å². The zero-order valence-corrected chi connectivity index (χ0v) is 18.2. The Bertz CT molecular complexity index is 874. The van der Waals surface area contributed by atoms with Gasteiger partial charge in [-0.05, 0) is 62.4 Å². The van der Waals surface area contributed by atoms with Crippen LogP contribution in [0, 0.1) is 13.8 Å². The SMILES string of the molecule is Cc1cccc(OCC(=O)N(Cc2ccccc2C)[C@H](C)C(=O)NC2CCCC2)c1. The fourth-order valence-corrected chi connectivity index (χ4v) is 3.88. The predicted octanol–water partition coefficient (Wildman–Crippen LogP) is 4.16. The molecule has 160 valence electrons. The lowest BCUT2D eigenvalue weighted by molar-refractivity contribution is -0.142. The number of hydrogen-bond acceptors (Lipinski definition) is 3. The molecule has 30 heavy (non-hydrogen) atoms. The first-order valence-electron chi connectivity index (χ1n) is 10.8. The Balaban J connectivity index is 1.72. The molecule has 0 radical (unpaired) electrons. The van der Waals surface area contributed by atoms with Gasteiger partial charge in [-0.1, -0.05) is 49.2 Å². The van der Waals surface area contributed by atoms with E-state index in [0.29, 0.717) is 12.3 Å². The molecule has 3 rings (SSSR count). The van der Waals surface area contributed by atoms with Crippen LogP contribution in [0.25, 0.3) is 0 Å². The molecular weight excluding hydrogens is 376 g/mol. The normalized spacial score (nSPS) is 14.9. The third-order valence-electron chi connectivity index (χ3n) is 5.82. The van der Waals surface area contributed by atoms with Gasteiger partial charge >= 0.3 is 0 Å². The number of carbonyl (C=O) groups excluding carboxylic acids is 2. The van der Waals surface area contributed by atoms with E-state index in [4.69, 9.17) is 4.74 Å². The van der Waals surface area contributed by atoms with Crippen LogP contribution < -0.4 is 10.1 Å². The van der Waals surface area contributed by atoms with Gasteiger partial charge in [0.1, 0.15) is 11.8 Å². The highest BCUT2D eigenvalue weighted by molar-refractivity contribution is 5.88. The summed E-state index contributed by atoms with van der Waals surface area (Å²) in [6, 6.07) is 15.2. The fraction of sp³-hybridized carbons (Fsp3) is 0.440. The second kappa shape index (κ2) is 10.3. The molecule has 2 amide bonds. The number of rotatable bonds is 8. The standard InChI is InChI=1S/C25H32N2O3/c1-18-9-8-14-23(15-18)30-17-24(28)27(16-21-11-5-4-10-19(21)2)20(3)25(29)26-22-12-6-7-13-22/h4-5,8-11,14-15,20,22H,6-7,12-13,16-17H2,1-3H3,(H,26,29)/t20-/m1/s1. The molecule has 1 fully saturated rings. The maximum absolute atomic E-state index is 13.1. The molecular formula is C25H32N2O3. The number of ether oxygens (including phenoxy) is 1. The summed E-state index contributed by atoms with van der Waals surface area (Å²) in [5, 5.41) is 3.12. The largest absolute Gasteiger partial charge is 0.484 e. The maximum Gasteiger partial charge on any atom is 0.261 e. The quantitative estimate of drug-likeness (QED) is 0.714. The summed E-state index contributed by atoms with van der Waals surface area (Å²) < 4.78 is 5.74. The molecule has 0 aliphatic heterocycles. The Morgan fingerprint density at radius 1 is 1.10 bits per heavy atom. The minimum atomic E-state index is -0.571. The van der Waals surface area contributed by atoms with Crippen LogP contribution in [0.4, 0.5) is 0 Å². The van der Waals surface area contributed by atoms with Gasteiger partial charge in [-0.15, -0.1) is 0 Å². The molecule has 0 aromatic heterocycles. The Morgan fingerprint density at radius 3 is 2.53 bits per heavy atom. The van der Waals surface area contributed by atoms with Crippen LogP contribution in [-0.2, 0) is 16.1 Å². The number of benzene rings is 2. The van der Waals surface area contributed by atoms with E-state index in [1.807, 2.05) is 62.4 Å².